The van der Waals surface area contributed by atoms with Gasteiger partial charge >= 0.3 is 5.97 Å². The maximum atomic E-state index is 12.7. The molecule has 0 fully saturated rings. The second kappa shape index (κ2) is 7.08. The molecule has 2 atom stereocenters. The van der Waals surface area contributed by atoms with Crippen molar-refractivity contribution in [3.05, 3.63) is 59.7 Å². The van der Waals surface area contributed by atoms with Crippen molar-refractivity contribution in [2.45, 2.75) is 19.1 Å². The third-order valence-electron chi connectivity index (χ3n) is 4.29. The summed E-state index contributed by atoms with van der Waals surface area (Å²) in [6, 6.07) is 2.57. The molecule has 27 heavy (non-hydrogen) atoms. The number of aliphatic hydroxyl groups is 1. The fraction of sp³-hybridized carbons (Fsp3) is 0.211. The van der Waals surface area contributed by atoms with E-state index in [9.17, 15) is 24.6 Å². The van der Waals surface area contributed by atoms with Crippen LogP contribution in [0.5, 0.6) is 11.5 Å². The highest BCUT2D eigenvalue weighted by atomic mass is 16.7. The van der Waals surface area contributed by atoms with Gasteiger partial charge in [0.05, 0.1) is 11.1 Å². The van der Waals surface area contributed by atoms with Crippen LogP contribution < -0.4 is 9.47 Å². The number of carboxylic acid groups (broad SMARTS) is 1. The van der Waals surface area contributed by atoms with Gasteiger partial charge in [0.25, 0.3) is 11.8 Å². The number of benzene rings is 1. The van der Waals surface area contributed by atoms with Crippen LogP contribution in [0.25, 0.3) is 0 Å². The second-order valence-corrected chi connectivity index (χ2v) is 5.85. The molecule has 140 valence electrons. The van der Waals surface area contributed by atoms with E-state index in [-0.39, 0.29) is 23.5 Å². The van der Waals surface area contributed by atoms with Crippen molar-refractivity contribution in [1.82, 2.24) is 4.90 Å². The van der Waals surface area contributed by atoms with Crippen molar-refractivity contribution in [2.24, 2.45) is 0 Å². The Balaban J connectivity index is 1.99. The van der Waals surface area contributed by atoms with Crippen molar-refractivity contribution in [1.29, 1.82) is 0 Å². The summed E-state index contributed by atoms with van der Waals surface area (Å²) in [5.41, 5.74) is 0.191. The highest BCUT2D eigenvalue weighted by Crippen LogP contribution is 2.36. The first kappa shape index (κ1) is 18.4. The lowest BCUT2D eigenvalue weighted by molar-refractivity contribution is -0.158. The number of hydrogen-bond donors (Lipinski definition) is 2. The van der Waals surface area contributed by atoms with E-state index >= 15 is 0 Å². The molecule has 8 heteroatoms. The summed E-state index contributed by atoms with van der Waals surface area (Å²) in [7, 11) is 0. The van der Waals surface area contributed by atoms with Crippen LogP contribution in [0.3, 0.4) is 0 Å². The number of ether oxygens (including phenoxy) is 2. The minimum Gasteiger partial charge on any atom is -0.480 e. The van der Waals surface area contributed by atoms with Crippen molar-refractivity contribution < 1.29 is 34.1 Å². The normalized spacial score (nSPS) is 18.4. The topological polar surface area (TPSA) is 113 Å². The van der Waals surface area contributed by atoms with Gasteiger partial charge in [-0.05, 0) is 24.6 Å². The van der Waals surface area contributed by atoms with Crippen LogP contribution in [0.1, 0.15) is 18.6 Å². The molecule has 0 bridgehead atoms. The zero-order chi connectivity index (χ0) is 19.7. The maximum absolute atomic E-state index is 12.7. The predicted octanol–water partition coefficient (Wildman–Crippen LogP) is 1.33. The molecule has 2 aliphatic heterocycles. The molecular weight excluding hydrogens is 354 g/mol. The minimum atomic E-state index is -1.82. The van der Waals surface area contributed by atoms with Crippen LogP contribution in [0.2, 0.25) is 0 Å². The number of hydrogen-bond acceptors (Lipinski definition) is 6. The molecule has 3 rings (SSSR count). The third kappa shape index (κ3) is 3.00. The summed E-state index contributed by atoms with van der Waals surface area (Å²) in [5.74, 6) is -2.35. The molecule has 2 amide bonds. The van der Waals surface area contributed by atoms with Crippen molar-refractivity contribution >= 4 is 17.8 Å². The third-order valence-corrected chi connectivity index (χ3v) is 4.29. The van der Waals surface area contributed by atoms with Gasteiger partial charge in [-0.2, -0.15) is 0 Å². The Morgan fingerprint density at radius 2 is 1.89 bits per heavy atom. The van der Waals surface area contributed by atoms with E-state index in [0.29, 0.717) is 16.4 Å². The number of rotatable bonds is 6. The van der Waals surface area contributed by atoms with Gasteiger partial charge in [-0.1, -0.05) is 30.9 Å². The number of allylic oxidation sites excluding steroid dienone is 1. The van der Waals surface area contributed by atoms with E-state index in [1.165, 1.54) is 30.4 Å². The molecule has 0 saturated heterocycles. The average molecular weight is 371 g/mol. The number of imide groups is 1. The molecule has 0 saturated carbocycles. The Bertz CT molecular complexity index is 899. The number of carbonyl (C=O) groups excluding carboxylic acids is 2. The van der Waals surface area contributed by atoms with Crippen LogP contribution in [0, 0.1) is 0 Å². The molecular formula is C19H17NO7. The van der Waals surface area contributed by atoms with Crippen molar-refractivity contribution in [3.63, 3.8) is 0 Å². The van der Waals surface area contributed by atoms with Gasteiger partial charge in [-0.25, -0.2) is 4.79 Å². The van der Waals surface area contributed by atoms with Gasteiger partial charge in [0, 0.05) is 0 Å². The molecule has 2 unspecified atom stereocenters. The Kier molecular flexibility index (Phi) is 4.83. The first-order valence-electron chi connectivity index (χ1n) is 8.08. The molecule has 0 aromatic heterocycles. The molecule has 0 radical (unpaired) electrons. The lowest BCUT2D eigenvalue weighted by atomic mass is 10.00. The SMILES string of the molecule is C=CC1=C(C=CC)C(=O)N(C(C(=O)O)C(O)c2ccc3c(c2)OCO3)C1=O. The molecule has 2 heterocycles. The summed E-state index contributed by atoms with van der Waals surface area (Å²) in [6.07, 6.45) is 2.49. The number of carbonyl (C=O) groups is 3. The van der Waals surface area contributed by atoms with Crippen molar-refractivity contribution in [3.8, 4) is 11.5 Å². The Labute approximate surface area is 154 Å². The van der Waals surface area contributed by atoms with E-state index in [1.54, 1.807) is 13.0 Å². The number of amides is 2. The largest absolute Gasteiger partial charge is 0.480 e. The minimum absolute atomic E-state index is 0.0118. The fourth-order valence-corrected chi connectivity index (χ4v) is 3.03. The molecule has 8 nitrogen and oxygen atoms in total. The van der Waals surface area contributed by atoms with Crippen LogP contribution in [-0.2, 0) is 14.4 Å². The van der Waals surface area contributed by atoms with Crippen LogP contribution >= 0.6 is 0 Å². The fourth-order valence-electron chi connectivity index (χ4n) is 3.03. The Morgan fingerprint density at radius 1 is 1.22 bits per heavy atom. The smallest absolute Gasteiger partial charge is 0.330 e. The molecule has 2 aliphatic rings. The zero-order valence-electron chi connectivity index (χ0n) is 14.4. The van der Waals surface area contributed by atoms with Gasteiger partial charge < -0.3 is 19.7 Å². The first-order valence-corrected chi connectivity index (χ1v) is 8.08. The summed E-state index contributed by atoms with van der Waals surface area (Å²) < 4.78 is 10.4. The second-order valence-electron chi connectivity index (χ2n) is 5.85. The number of carboxylic acids is 1. The zero-order valence-corrected chi connectivity index (χ0v) is 14.4. The standard InChI is InChI=1S/C19H17NO7/c1-3-5-12-11(4-2)17(22)20(18(12)23)15(19(24)25)16(21)10-6-7-13-14(8-10)27-9-26-13/h3-8,15-16,21H,2,9H2,1H3,(H,24,25). The van der Waals surface area contributed by atoms with Crippen molar-refractivity contribution in [2.75, 3.05) is 6.79 Å². The predicted molar refractivity (Wildman–Crippen MR) is 92.8 cm³/mol. The number of aliphatic hydroxyl groups excluding tert-OH is 1. The number of nitrogens with zero attached hydrogens (tertiary/aromatic N) is 1. The lowest BCUT2D eigenvalue weighted by Crippen LogP contribution is -2.49. The summed E-state index contributed by atoms with van der Waals surface area (Å²) >= 11 is 0. The van der Waals surface area contributed by atoms with E-state index in [2.05, 4.69) is 6.58 Å². The van der Waals surface area contributed by atoms with E-state index < -0.39 is 29.9 Å². The molecule has 2 N–H and O–H groups in total. The van der Waals surface area contributed by atoms with E-state index in [1.807, 2.05) is 0 Å². The Morgan fingerprint density at radius 3 is 2.52 bits per heavy atom. The van der Waals surface area contributed by atoms with Gasteiger partial charge in [-0.3, -0.25) is 14.5 Å². The molecule has 1 aromatic carbocycles. The van der Waals surface area contributed by atoms with Crippen LogP contribution in [-0.4, -0.2) is 45.7 Å². The number of aliphatic carboxylic acids is 1. The maximum Gasteiger partial charge on any atom is 0.330 e. The monoisotopic (exact) mass is 371 g/mol. The summed E-state index contributed by atoms with van der Waals surface area (Å²) in [4.78, 5) is 37.7. The lowest BCUT2D eigenvalue weighted by Gasteiger charge is -2.27. The highest BCUT2D eigenvalue weighted by Gasteiger charge is 2.46. The van der Waals surface area contributed by atoms with Gasteiger partial charge in [0.1, 0.15) is 6.10 Å². The van der Waals surface area contributed by atoms with Gasteiger partial charge in [0.2, 0.25) is 6.79 Å². The summed E-state index contributed by atoms with van der Waals surface area (Å²) in [5, 5.41) is 20.3. The summed E-state index contributed by atoms with van der Waals surface area (Å²) in [6.45, 7) is 5.18. The number of fused-ring (bicyclic) bond motifs is 1. The quantitative estimate of drug-likeness (QED) is 0.725. The van der Waals surface area contributed by atoms with E-state index in [4.69, 9.17) is 9.47 Å². The average Bonchev–Trinajstić information content (AvgIpc) is 3.19. The van der Waals surface area contributed by atoms with E-state index in [0.717, 1.165) is 0 Å². The van der Waals surface area contributed by atoms with Crippen LogP contribution in [0.15, 0.2) is 54.2 Å². The highest BCUT2D eigenvalue weighted by molar-refractivity contribution is 6.23. The Hall–Kier alpha value is -3.39. The molecule has 1 aromatic rings. The van der Waals surface area contributed by atoms with Gasteiger partial charge in [-0.15, -0.1) is 0 Å². The molecule has 0 aliphatic carbocycles. The first-order chi connectivity index (χ1) is 12.9. The molecule has 0 spiro atoms. The van der Waals surface area contributed by atoms with Gasteiger partial charge in [0.15, 0.2) is 17.5 Å². The van der Waals surface area contributed by atoms with Crippen LogP contribution in [0.4, 0.5) is 0 Å².